The Morgan fingerprint density at radius 2 is 2.06 bits per heavy atom. The Balaban J connectivity index is 2.50. The van der Waals surface area contributed by atoms with Gasteiger partial charge in [0, 0.05) is 6.54 Å². The van der Waals surface area contributed by atoms with E-state index >= 15 is 0 Å². The maximum atomic E-state index is 10.6. The number of carbonyl (C=O) groups is 1. The molecule has 1 aromatic rings. The fourth-order valence-electron chi connectivity index (χ4n) is 1.21. The highest BCUT2D eigenvalue weighted by Crippen LogP contribution is 2.10. The van der Waals surface area contributed by atoms with Gasteiger partial charge in [-0.15, -0.1) is 0 Å². The second-order valence-corrected chi connectivity index (χ2v) is 3.30. The second kappa shape index (κ2) is 6.09. The van der Waals surface area contributed by atoms with Crippen LogP contribution in [0.3, 0.4) is 0 Å². The number of aliphatic hydroxyl groups is 1. The van der Waals surface area contributed by atoms with Crippen LogP contribution in [0.1, 0.15) is 5.56 Å². The molecule has 1 unspecified atom stereocenters. The van der Waals surface area contributed by atoms with E-state index in [4.69, 9.17) is 14.9 Å². The van der Waals surface area contributed by atoms with Gasteiger partial charge < -0.3 is 14.9 Å². The van der Waals surface area contributed by atoms with Crippen molar-refractivity contribution < 1.29 is 19.7 Å². The predicted octanol–water partition coefficient (Wildman–Crippen LogP) is 0.230. The monoisotopic (exact) mass is 225 g/mol. The number of rotatable bonds is 6. The number of benzene rings is 1. The highest BCUT2D eigenvalue weighted by Gasteiger charge is 2.14. The van der Waals surface area contributed by atoms with Gasteiger partial charge in [0.2, 0.25) is 0 Å². The van der Waals surface area contributed by atoms with Crippen LogP contribution in [0.5, 0.6) is 5.75 Å². The molecule has 0 aliphatic rings. The lowest BCUT2D eigenvalue weighted by atomic mass is 10.2. The van der Waals surface area contributed by atoms with Crippen molar-refractivity contribution in [2.75, 3.05) is 13.7 Å². The first-order valence-electron chi connectivity index (χ1n) is 4.87. The molecule has 88 valence electrons. The maximum absolute atomic E-state index is 10.6. The SMILES string of the molecule is COc1ccc(CNC(CO)C(=O)O)cc1. The molecule has 0 aliphatic heterocycles. The fraction of sp³-hybridized carbons (Fsp3) is 0.364. The minimum absolute atomic E-state index is 0.390. The predicted molar refractivity (Wildman–Crippen MR) is 58.3 cm³/mol. The zero-order valence-corrected chi connectivity index (χ0v) is 9.01. The normalized spacial score (nSPS) is 12.1. The number of aliphatic carboxylic acids is 1. The summed E-state index contributed by atoms with van der Waals surface area (Å²) in [6.45, 7) is -0.0347. The van der Waals surface area contributed by atoms with Crippen LogP contribution in [0.4, 0.5) is 0 Å². The van der Waals surface area contributed by atoms with E-state index in [1.807, 2.05) is 12.1 Å². The number of ether oxygens (including phenoxy) is 1. The van der Waals surface area contributed by atoms with Gasteiger partial charge >= 0.3 is 5.97 Å². The van der Waals surface area contributed by atoms with Crippen molar-refractivity contribution in [3.63, 3.8) is 0 Å². The van der Waals surface area contributed by atoms with E-state index in [9.17, 15) is 4.79 Å². The number of carboxylic acid groups (broad SMARTS) is 1. The Morgan fingerprint density at radius 1 is 1.44 bits per heavy atom. The number of hydrogen-bond acceptors (Lipinski definition) is 4. The van der Waals surface area contributed by atoms with E-state index < -0.39 is 18.6 Å². The highest BCUT2D eigenvalue weighted by atomic mass is 16.5. The Hall–Kier alpha value is -1.59. The fourth-order valence-corrected chi connectivity index (χ4v) is 1.21. The number of methoxy groups -OCH3 is 1. The molecule has 1 atom stereocenters. The molecule has 0 saturated heterocycles. The molecule has 0 fully saturated rings. The number of nitrogens with one attached hydrogen (secondary N) is 1. The summed E-state index contributed by atoms with van der Waals surface area (Å²) in [5, 5.41) is 20.2. The van der Waals surface area contributed by atoms with Gasteiger partial charge in [0.1, 0.15) is 11.8 Å². The zero-order chi connectivity index (χ0) is 12.0. The quantitative estimate of drug-likeness (QED) is 0.646. The van der Waals surface area contributed by atoms with Crippen LogP contribution in [0.25, 0.3) is 0 Å². The number of carboxylic acids is 1. The molecule has 3 N–H and O–H groups in total. The van der Waals surface area contributed by atoms with Crippen molar-refractivity contribution in [2.24, 2.45) is 0 Å². The average Bonchev–Trinajstić information content (AvgIpc) is 2.30. The van der Waals surface area contributed by atoms with E-state index in [-0.39, 0.29) is 0 Å². The Kier molecular flexibility index (Phi) is 4.75. The summed E-state index contributed by atoms with van der Waals surface area (Å²) in [6, 6.07) is 6.34. The molecular weight excluding hydrogens is 210 g/mol. The first kappa shape index (κ1) is 12.5. The molecule has 5 heteroatoms. The smallest absolute Gasteiger partial charge is 0.323 e. The summed E-state index contributed by atoms with van der Waals surface area (Å²) >= 11 is 0. The van der Waals surface area contributed by atoms with Gasteiger partial charge in [0.05, 0.1) is 13.7 Å². The number of hydrogen-bond donors (Lipinski definition) is 3. The summed E-state index contributed by atoms with van der Waals surface area (Å²) in [5.74, 6) is -0.309. The van der Waals surface area contributed by atoms with E-state index in [1.54, 1.807) is 19.2 Å². The lowest BCUT2D eigenvalue weighted by molar-refractivity contribution is -0.140. The van der Waals surface area contributed by atoms with Crippen molar-refractivity contribution in [2.45, 2.75) is 12.6 Å². The van der Waals surface area contributed by atoms with E-state index in [1.165, 1.54) is 0 Å². The Bertz CT molecular complexity index is 336. The van der Waals surface area contributed by atoms with Crippen LogP contribution in [0.2, 0.25) is 0 Å². The van der Waals surface area contributed by atoms with Crippen LogP contribution in [-0.4, -0.2) is 35.9 Å². The van der Waals surface area contributed by atoms with E-state index in [0.29, 0.717) is 6.54 Å². The van der Waals surface area contributed by atoms with Gasteiger partial charge in [-0.1, -0.05) is 12.1 Å². The third-order valence-corrected chi connectivity index (χ3v) is 2.19. The lowest BCUT2D eigenvalue weighted by Gasteiger charge is -2.11. The zero-order valence-electron chi connectivity index (χ0n) is 9.01. The molecule has 5 nitrogen and oxygen atoms in total. The third-order valence-electron chi connectivity index (χ3n) is 2.19. The van der Waals surface area contributed by atoms with E-state index in [2.05, 4.69) is 5.32 Å². The van der Waals surface area contributed by atoms with Gasteiger partial charge in [-0.3, -0.25) is 10.1 Å². The first-order chi connectivity index (χ1) is 7.67. The summed E-state index contributed by atoms with van der Waals surface area (Å²) in [4.78, 5) is 10.6. The molecular formula is C11H15NO4. The molecule has 0 spiro atoms. The standard InChI is InChI=1S/C11H15NO4/c1-16-9-4-2-8(3-5-9)6-12-10(7-13)11(14)15/h2-5,10,12-13H,6-7H2,1H3,(H,14,15). The van der Waals surface area contributed by atoms with Crippen molar-refractivity contribution in [1.82, 2.24) is 5.32 Å². The molecule has 1 aromatic carbocycles. The van der Waals surface area contributed by atoms with Crippen LogP contribution < -0.4 is 10.1 Å². The molecule has 0 bridgehead atoms. The summed E-state index contributed by atoms with van der Waals surface area (Å²) in [7, 11) is 1.58. The lowest BCUT2D eigenvalue weighted by Crippen LogP contribution is -2.39. The summed E-state index contributed by atoms with van der Waals surface area (Å²) in [6.07, 6.45) is 0. The van der Waals surface area contributed by atoms with Crippen LogP contribution in [0.15, 0.2) is 24.3 Å². The molecule has 16 heavy (non-hydrogen) atoms. The van der Waals surface area contributed by atoms with Crippen LogP contribution >= 0.6 is 0 Å². The van der Waals surface area contributed by atoms with Crippen molar-refractivity contribution in [3.05, 3.63) is 29.8 Å². The number of aliphatic hydroxyl groups excluding tert-OH is 1. The highest BCUT2D eigenvalue weighted by molar-refractivity contribution is 5.73. The minimum Gasteiger partial charge on any atom is -0.497 e. The average molecular weight is 225 g/mol. The molecule has 0 radical (unpaired) electrons. The Morgan fingerprint density at radius 3 is 2.50 bits per heavy atom. The summed E-state index contributed by atoms with van der Waals surface area (Å²) in [5.41, 5.74) is 0.931. The van der Waals surface area contributed by atoms with Crippen LogP contribution in [-0.2, 0) is 11.3 Å². The maximum Gasteiger partial charge on any atom is 0.323 e. The van der Waals surface area contributed by atoms with E-state index in [0.717, 1.165) is 11.3 Å². The largest absolute Gasteiger partial charge is 0.497 e. The van der Waals surface area contributed by atoms with Crippen LogP contribution in [0, 0.1) is 0 Å². The van der Waals surface area contributed by atoms with Gasteiger partial charge in [-0.05, 0) is 17.7 Å². The van der Waals surface area contributed by atoms with Gasteiger partial charge in [-0.2, -0.15) is 0 Å². The minimum atomic E-state index is -1.06. The van der Waals surface area contributed by atoms with Gasteiger partial charge in [0.25, 0.3) is 0 Å². The molecule has 0 aliphatic carbocycles. The van der Waals surface area contributed by atoms with Gasteiger partial charge in [-0.25, -0.2) is 0 Å². The van der Waals surface area contributed by atoms with Gasteiger partial charge in [0.15, 0.2) is 0 Å². The molecule has 1 rings (SSSR count). The third kappa shape index (κ3) is 3.52. The molecule has 0 aromatic heterocycles. The summed E-state index contributed by atoms with van der Waals surface area (Å²) < 4.78 is 5.00. The Labute approximate surface area is 93.7 Å². The van der Waals surface area contributed by atoms with Crippen molar-refractivity contribution >= 4 is 5.97 Å². The van der Waals surface area contributed by atoms with Crippen molar-refractivity contribution in [1.29, 1.82) is 0 Å². The topological polar surface area (TPSA) is 78.8 Å². The molecule has 0 heterocycles. The first-order valence-corrected chi connectivity index (χ1v) is 4.87. The molecule has 0 saturated carbocycles. The van der Waals surface area contributed by atoms with Crippen molar-refractivity contribution in [3.8, 4) is 5.75 Å². The molecule has 0 amide bonds. The second-order valence-electron chi connectivity index (χ2n) is 3.30.